The van der Waals surface area contributed by atoms with Crippen LogP contribution in [0.2, 0.25) is 0 Å². The number of hydrogen-bond acceptors (Lipinski definition) is 5. The van der Waals surface area contributed by atoms with Crippen molar-refractivity contribution in [3.8, 4) is 17.2 Å². The third-order valence-corrected chi connectivity index (χ3v) is 3.58. The number of rotatable bonds is 9. The first-order chi connectivity index (χ1) is 12.1. The standard InChI is InChI=1S/C19H24N2O4/c1-21(11-12-25-15-7-5-4-6-8-15)14-19(22)20-17-13-16(23-2)9-10-18(17)24-3/h4-10,13H,11-12,14H2,1-3H3,(H,20,22). The van der Waals surface area contributed by atoms with Gasteiger partial charge in [-0.15, -0.1) is 0 Å². The van der Waals surface area contributed by atoms with Crippen molar-refractivity contribution in [2.75, 3.05) is 46.3 Å². The highest BCUT2D eigenvalue weighted by Crippen LogP contribution is 2.28. The van der Waals surface area contributed by atoms with Crippen LogP contribution in [0, 0.1) is 0 Å². The Hall–Kier alpha value is -2.73. The van der Waals surface area contributed by atoms with Crippen LogP contribution in [0.3, 0.4) is 0 Å². The molecule has 0 atom stereocenters. The average Bonchev–Trinajstić information content (AvgIpc) is 2.62. The van der Waals surface area contributed by atoms with Crippen LogP contribution in [-0.2, 0) is 4.79 Å². The molecule has 0 aliphatic rings. The Bertz CT molecular complexity index is 676. The van der Waals surface area contributed by atoms with Crippen molar-refractivity contribution < 1.29 is 19.0 Å². The molecule has 6 nitrogen and oxygen atoms in total. The van der Waals surface area contributed by atoms with Crippen molar-refractivity contribution in [3.63, 3.8) is 0 Å². The predicted molar refractivity (Wildman–Crippen MR) is 97.6 cm³/mol. The highest BCUT2D eigenvalue weighted by Gasteiger charge is 2.11. The minimum atomic E-state index is -0.131. The van der Waals surface area contributed by atoms with Crippen LogP contribution >= 0.6 is 0 Å². The van der Waals surface area contributed by atoms with Crippen molar-refractivity contribution in [2.45, 2.75) is 0 Å². The van der Waals surface area contributed by atoms with Crippen molar-refractivity contribution in [1.29, 1.82) is 0 Å². The minimum Gasteiger partial charge on any atom is -0.497 e. The Labute approximate surface area is 148 Å². The number of nitrogens with one attached hydrogen (secondary N) is 1. The number of amides is 1. The summed E-state index contributed by atoms with van der Waals surface area (Å²) in [5.41, 5.74) is 0.584. The summed E-state index contributed by atoms with van der Waals surface area (Å²) in [7, 11) is 5.01. The van der Waals surface area contributed by atoms with E-state index >= 15 is 0 Å². The lowest BCUT2D eigenvalue weighted by Crippen LogP contribution is -2.33. The number of benzene rings is 2. The average molecular weight is 344 g/mol. The van der Waals surface area contributed by atoms with Crippen LogP contribution in [0.4, 0.5) is 5.69 Å². The molecule has 0 saturated heterocycles. The molecule has 0 aliphatic heterocycles. The van der Waals surface area contributed by atoms with Crippen LogP contribution in [0.5, 0.6) is 17.2 Å². The Balaban J connectivity index is 1.81. The third kappa shape index (κ3) is 6.00. The smallest absolute Gasteiger partial charge is 0.238 e. The van der Waals surface area contributed by atoms with E-state index in [1.165, 1.54) is 0 Å². The molecular weight excluding hydrogens is 320 g/mol. The summed E-state index contributed by atoms with van der Waals surface area (Å²) in [6.07, 6.45) is 0. The van der Waals surface area contributed by atoms with Gasteiger partial charge in [-0.3, -0.25) is 9.69 Å². The van der Waals surface area contributed by atoms with Crippen LogP contribution < -0.4 is 19.5 Å². The van der Waals surface area contributed by atoms with Gasteiger partial charge in [-0.25, -0.2) is 0 Å². The van der Waals surface area contributed by atoms with E-state index in [0.29, 0.717) is 30.3 Å². The maximum atomic E-state index is 12.2. The molecule has 0 heterocycles. The lowest BCUT2D eigenvalue weighted by atomic mass is 10.2. The van der Waals surface area contributed by atoms with Gasteiger partial charge in [-0.1, -0.05) is 18.2 Å². The maximum Gasteiger partial charge on any atom is 0.238 e. The maximum absolute atomic E-state index is 12.2. The second-order valence-corrected chi connectivity index (χ2v) is 5.51. The van der Waals surface area contributed by atoms with E-state index in [1.54, 1.807) is 32.4 Å². The number of carbonyl (C=O) groups excluding carboxylic acids is 1. The zero-order valence-electron chi connectivity index (χ0n) is 14.8. The summed E-state index contributed by atoms with van der Waals surface area (Å²) in [4.78, 5) is 14.1. The highest BCUT2D eigenvalue weighted by molar-refractivity contribution is 5.93. The molecule has 0 radical (unpaired) electrons. The molecule has 0 spiro atoms. The summed E-state index contributed by atoms with van der Waals surface area (Å²) in [6.45, 7) is 1.40. The molecular formula is C19H24N2O4. The van der Waals surface area contributed by atoms with Crippen LogP contribution in [0.25, 0.3) is 0 Å². The van der Waals surface area contributed by atoms with Gasteiger partial charge >= 0.3 is 0 Å². The van der Waals surface area contributed by atoms with E-state index < -0.39 is 0 Å². The van der Waals surface area contributed by atoms with E-state index in [9.17, 15) is 4.79 Å². The molecule has 134 valence electrons. The normalized spacial score (nSPS) is 10.4. The number of para-hydroxylation sites is 1. The molecule has 1 amide bonds. The first kappa shape index (κ1) is 18.6. The van der Waals surface area contributed by atoms with E-state index in [0.717, 1.165) is 5.75 Å². The SMILES string of the molecule is COc1ccc(OC)c(NC(=O)CN(C)CCOc2ccccc2)c1. The van der Waals surface area contributed by atoms with E-state index in [2.05, 4.69) is 5.32 Å². The number of ether oxygens (including phenoxy) is 3. The Morgan fingerprint density at radius 2 is 1.80 bits per heavy atom. The monoisotopic (exact) mass is 344 g/mol. The molecule has 0 aliphatic carbocycles. The number of anilines is 1. The summed E-state index contributed by atoms with van der Waals surface area (Å²) in [5, 5.41) is 2.85. The van der Waals surface area contributed by atoms with Gasteiger partial charge in [0.2, 0.25) is 5.91 Å². The number of methoxy groups -OCH3 is 2. The lowest BCUT2D eigenvalue weighted by Gasteiger charge is -2.17. The summed E-state index contributed by atoms with van der Waals surface area (Å²) in [6, 6.07) is 14.9. The summed E-state index contributed by atoms with van der Waals surface area (Å²) < 4.78 is 16.1. The first-order valence-electron chi connectivity index (χ1n) is 8.00. The molecule has 0 bridgehead atoms. The minimum absolute atomic E-state index is 0.131. The predicted octanol–water partition coefficient (Wildman–Crippen LogP) is 2.65. The number of carbonyl (C=O) groups is 1. The van der Waals surface area contributed by atoms with E-state index in [1.807, 2.05) is 42.3 Å². The van der Waals surface area contributed by atoms with Crippen LogP contribution in [0.15, 0.2) is 48.5 Å². The second-order valence-electron chi connectivity index (χ2n) is 5.51. The topological polar surface area (TPSA) is 60.0 Å². The molecule has 6 heteroatoms. The molecule has 2 aromatic rings. The largest absolute Gasteiger partial charge is 0.497 e. The zero-order valence-corrected chi connectivity index (χ0v) is 14.8. The van der Waals surface area contributed by atoms with Crippen molar-refractivity contribution in [1.82, 2.24) is 4.90 Å². The summed E-state index contributed by atoms with van der Waals surface area (Å²) in [5.74, 6) is 1.93. The fraction of sp³-hybridized carbons (Fsp3) is 0.316. The van der Waals surface area contributed by atoms with Gasteiger partial charge in [-0.2, -0.15) is 0 Å². The van der Waals surface area contributed by atoms with Gasteiger partial charge in [0.25, 0.3) is 0 Å². The van der Waals surface area contributed by atoms with Gasteiger partial charge in [-0.05, 0) is 31.3 Å². The van der Waals surface area contributed by atoms with Crippen molar-refractivity contribution in [3.05, 3.63) is 48.5 Å². The molecule has 0 fully saturated rings. The number of nitrogens with zero attached hydrogens (tertiary/aromatic N) is 1. The summed E-state index contributed by atoms with van der Waals surface area (Å²) >= 11 is 0. The van der Waals surface area contributed by atoms with Crippen LogP contribution in [0.1, 0.15) is 0 Å². The Morgan fingerprint density at radius 3 is 2.48 bits per heavy atom. The fourth-order valence-corrected chi connectivity index (χ4v) is 2.26. The van der Waals surface area contributed by atoms with Crippen molar-refractivity contribution in [2.24, 2.45) is 0 Å². The first-order valence-corrected chi connectivity index (χ1v) is 8.00. The second kappa shape index (κ2) is 9.54. The molecule has 0 saturated carbocycles. The molecule has 0 aromatic heterocycles. The zero-order chi connectivity index (χ0) is 18.1. The van der Waals surface area contributed by atoms with Gasteiger partial charge < -0.3 is 19.5 Å². The van der Waals surface area contributed by atoms with E-state index in [-0.39, 0.29) is 12.5 Å². The number of likely N-dealkylation sites (N-methyl/N-ethyl adjacent to an activating group) is 1. The number of hydrogen-bond donors (Lipinski definition) is 1. The van der Waals surface area contributed by atoms with Gasteiger partial charge in [0, 0.05) is 12.6 Å². The Morgan fingerprint density at radius 1 is 1.04 bits per heavy atom. The van der Waals surface area contributed by atoms with Crippen molar-refractivity contribution >= 4 is 11.6 Å². The van der Waals surface area contributed by atoms with E-state index in [4.69, 9.17) is 14.2 Å². The molecule has 0 unspecified atom stereocenters. The lowest BCUT2D eigenvalue weighted by molar-refractivity contribution is -0.117. The van der Waals surface area contributed by atoms with Crippen LogP contribution in [-0.4, -0.2) is 51.8 Å². The van der Waals surface area contributed by atoms with Gasteiger partial charge in [0.1, 0.15) is 23.9 Å². The Kier molecular flexibility index (Phi) is 7.10. The molecule has 25 heavy (non-hydrogen) atoms. The molecule has 2 rings (SSSR count). The quantitative estimate of drug-likeness (QED) is 0.758. The van der Waals surface area contributed by atoms with Gasteiger partial charge in [0.15, 0.2) is 0 Å². The highest BCUT2D eigenvalue weighted by atomic mass is 16.5. The molecule has 2 aromatic carbocycles. The molecule has 1 N–H and O–H groups in total. The fourth-order valence-electron chi connectivity index (χ4n) is 2.26. The van der Waals surface area contributed by atoms with Gasteiger partial charge in [0.05, 0.1) is 26.5 Å². The third-order valence-electron chi connectivity index (χ3n) is 3.58.